The Morgan fingerprint density at radius 3 is 2.94 bits per heavy atom. The number of nitrogens with zero attached hydrogens (tertiary/aromatic N) is 2. The van der Waals surface area contributed by atoms with Gasteiger partial charge in [0.25, 0.3) is 0 Å². The zero-order chi connectivity index (χ0) is 12.1. The number of aromatic nitrogens is 1. The van der Waals surface area contributed by atoms with Crippen molar-refractivity contribution in [3.8, 4) is 11.9 Å². The van der Waals surface area contributed by atoms with E-state index in [0.29, 0.717) is 24.0 Å². The van der Waals surface area contributed by atoms with Crippen molar-refractivity contribution in [3.63, 3.8) is 0 Å². The number of hydrogen-bond donors (Lipinski definition) is 1. The van der Waals surface area contributed by atoms with Gasteiger partial charge in [0.05, 0.1) is 6.61 Å². The lowest BCUT2D eigenvalue weighted by atomic mass is 9.99. The highest BCUT2D eigenvalue weighted by molar-refractivity contribution is 5.38. The first-order chi connectivity index (χ1) is 8.29. The summed E-state index contributed by atoms with van der Waals surface area (Å²) < 4.78 is 5.69. The number of hydrogen-bond acceptors (Lipinski definition) is 4. The Kier molecular flexibility index (Phi) is 3.94. The van der Waals surface area contributed by atoms with Crippen LogP contribution in [0.3, 0.4) is 0 Å². The Morgan fingerprint density at radius 2 is 2.24 bits per heavy atom. The number of aryl methyl sites for hydroxylation is 1. The standard InChI is InChI=1S/C13H17N3O/c1-10-2-3-12(8-14)13(16-10)17-9-11-4-6-15-7-5-11/h2-3,11,15H,4-7,9H2,1H3. The number of rotatable bonds is 3. The van der Waals surface area contributed by atoms with Gasteiger partial charge in [0.1, 0.15) is 11.6 Å². The van der Waals surface area contributed by atoms with Gasteiger partial charge in [0, 0.05) is 5.69 Å². The van der Waals surface area contributed by atoms with Gasteiger partial charge in [-0.05, 0) is 50.9 Å². The molecule has 1 aromatic rings. The van der Waals surface area contributed by atoms with Crippen molar-refractivity contribution < 1.29 is 4.74 Å². The van der Waals surface area contributed by atoms with E-state index in [-0.39, 0.29) is 0 Å². The highest BCUT2D eigenvalue weighted by Crippen LogP contribution is 2.18. The van der Waals surface area contributed by atoms with Gasteiger partial charge < -0.3 is 10.1 Å². The first-order valence-electron chi connectivity index (χ1n) is 6.01. The largest absolute Gasteiger partial charge is 0.476 e. The number of piperidine rings is 1. The molecular weight excluding hydrogens is 214 g/mol. The molecule has 4 nitrogen and oxygen atoms in total. The summed E-state index contributed by atoms with van der Waals surface area (Å²) in [5.41, 5.74) is 1.40. The third-order valence-corrected chi connectivity index (χ3v) is 3.03. The van der Waals surface area contributed by atoms with E-state index in [0.717, 1.165) is 31.6 Å². The van der Waals surface area contributed by atoms with Gasteiger partial charge in [-0.1, -0.05) is 0 Å². The van der Waals surface area contributed by atoms with E-state index in [1.54, 1.807) is 6.07 Å². The fourth-order valence-electron chi connectivity index (χ4n) is 1.97. The molecule has 0 aromatic carbocycles. The average molecular weight is 231 g/mol. The molecule has 0 radical (unpaired) electrons. The number of nitrogens with one attached hydrogen (secondary N) is 1. The summed E-state index contributed by atoms with van der Waals surface area (Å²) in [6, 6.07) is 5.70. The molecule has 0 atom stereocenters. The molecule has 2 rings (SSSR count). The average Bonchev–Trinajstić information content (AvgIpc) is 2.38. The van der Waals surface area contributed by atoms with Gasteiger partial charge in [-0.3, -0.25) is 0 Å². The molecule has 4 heteroatoms. The summed E-state index contributed by atoms with van der Waals surface area (Å²) in [5.74, 6) is 1.05. The van der Waals surface area contributed by atoms with Crippen molar-refractivity contribution in [1.29, 1.82) is 5.26 Å². The van der Waals surface area contributed by atoms with Crippen LogP contribution in [-0.2, 0) is 0 Å². The van der Waals surface area contributed by atoms with E-state index < -0.39 is 0 Å². The zero-order valence-corrected chi connectivity index (χ0v) is 10.1. The second kappa shape index (κ2) is 5.65. The van der Waals surface area contributed by atoms with E-state index in [2.05, 4.69) is 16.4 Å². The van der Waals surface area contributed by atoms with Crippen LogP contribution >= 0.6 is 0 Å². The molecule has 0 bridgehead atoms. The predicted octanol–water partition coefficient (Wildman–Crippen LogP) is 1.64. The third-order valence-electron chi connectivity index (χ3n) is 3.03. The van der Waals surface area contributed by atoms with Crippen LogP contribution in [0.5, 0.6) is 5.88 Å². The number of nitriles is 1. The summed E-state index contributed by atoms with van der Waals surface area (Å²) in [4.78, 5) is 4.27. The minimum absolute atomic E-state index is 0.478. The molecule has 1 aromatic heterocycles. The van der Waals surface area contributed by atoms with Gasteiger partial charge in [-0.25, -0.2) is 4.98 Å². The van der Waals surface area contributed by atoms with Crippen LogP contribution < -0.4 is 10.1 Å². The Bertz CT molecular complexity index is 419. The second-order valence-corrected chi connectivity index (χ2v) is 4.42. The van der Waals surface area contributed by atoms with Crippen LogP contribution in [0.15, 0.2) is 12.1 Å². The van der Waals surface area contributed by atoms with Crippen LogP contribution in [0, 0.1) is 24.2 Å². The molecule has 90 valence electrons. The van der Waals surface area contributed by atoms with Crippen molar-refractivity contribution in [1.82, 2.24) is 10.3 Å². The lowest BCUT2D eigenvalue weighted by Crippen LogP contribution is -2.30. The molecule has 0 unspecified atom stereocenters. The highest BCUT2D eigenvalue weighted by atomic mass is 16.5. The summed E-state index contributed by atoms with van der Waals surface area (Å²) >= 11 is 0. The lowest BCUT2D eigenvalue weighted by Gasteiger charge is -2.22. The van der Waals surface area contributed by atoms with Gasteiger partial charge in [0.2, 0.25) is 5.88 Å². The Balaban J connectivity index is 1.98. The molecule has 1 aliphatic heterocycles. The highest BCUT2D eigenvalue weighted by Gasteiger charge is 2.15. The SMILES string of the molecule is Cc1ccc(C#N)c(OCC2CCNCC2)n1. The first kappa shape index (κ1) is 11.9. The van der Waals surface area contributed by atoms with Crippen LogP contribution in [0.1, 0.15) is 24.1 Å². The van der Waals surface area contributed by atoms with Crippen molar-refractivity contribution >= 4 is 0 Å². The number of pyridine rings is 1. The first-order valence-corrected chi connectivity index (χ1v) is 6.01. The Hall–Kier alpha value is -1.60. The molecule has 17 heavy (non-hydrogen) atoms. The molecule has 1 N–H and O–H groups in total. The second-order valence-electron chi connectivity index (χ2n) is 4.42. The van der Waals surface area contributed by atoms with Crippen molar-refractivity contribution in [2.24, 2.45) is 5.92 Å². The quantitative estimate of drug-likeness (QED) is 0.859. The van der Waals surface area contributed by atoms with E-state index in [1.807, 2.05) is 13.0 Å². The summed E-state index contributed by atoms with van der Waals surface area (Å²) in [6.45, 7) is 4.67. The smallest absolute Gasteiger partial charge is 0.231 e. The maximum atomic E-state index is 8.97. The van der Waals surface area contributed by atoms with Crippen LogP contribution in [0.4, 0.5) is 0 Å². The van der Waals surface area contributed by atoms with Crippen molar-refractivity contribution in [2.75, 3.05) is 19.7 Å². The summed E-state index contributed by atoms with van der Waals surface area (Å²) in [7, 11) is 0. The monoisotopic (exact) mass is 231 g/mol. The summed E-state index contributed by atoms with van der Waals surface area (Å²) in [6.07, 6.45) is 2.27. The van der Waals surface area contributed by atoms with Crippen molar-refractivity contribution in [3.05, 3.63) is 23.4 Å². The molecule has 0 aliphatic carbocycles. The Morgan fingerprint density at radius 1 is 1.47 bits per heavy atom. The van der Waals surface area contributed by atoms with Crippen molar-refractivity contribution in [2.45, 2.75) is 19.8 Å². The maximum Gasteiger partial charge on any atom is 0.231 e. The normalized spacial score (nSPS) is 16.5. The molecular formula is C13H17N3O. The molecule has 0 saturated carbocycles. The molecule has 1 saturated heterocycles. The zero-order valence-electron chi connectivity index (χ0n) is 10.1. The molecule has 1 fully saturated rings. The molecule has 0 spiro atoms. The van der Waals surface area contributed by atoms with Gasteiger partial charge in [-0.2, -0.15) is 5.26 Å². The lowest BCUT2D eigenvalue weighted by molar-refractivity contribution is 0.208. The van der Waals surface area contributed by atoms with E-state index >= 15 is 0 Å². The minimum Gasteiger partial charge on any atom is -0.476 e. The maximum absolute atomic E-state index is 8.97. The predicted molar refractivity (Wildman–Crippen MR) is 64.8 cm³/mol. The van der Waals surface area contributed by atoms with E-state index in [1.165, 1.54) is 0 Å². The topological polar surface area (TPSA) is 57.9 Å². The number of ether oxygens (including phenoxy) is 1. The third kappa shape index (κ3) is 3.18. The fraction of sp³-hybridized carbons (Fsp3) is 0.538. The van der Waals surface area contributed by atoms with Crippen LogP contribution in [-0.4, -0.2) is 24.7 Å². The van der Waals surface area contributed by atoms with E-state index in [4.69, 9.17) is 10.00 Å². The fourth-order valence-corrected chi connectivity index (χ4v) is 1.97. The summed E-state index contributed by atoms with van der Waals surface area (Å²) in [5, 5.41) is 12.3. The van der Waals surface area contributed by atoms with Gasteiger partial charge >= 0.3 is 0 Å². The molecule has 2 heterocycles. The molecule has 0 amide bonds. The van der Waals surface area contributed by atoms with Crippen LogP contribution in [0.2, 0.25) is 0 Å². The van der Waals surface area contributed by atoms with Gasteiger partial charge in [0.15, 0.2) is 0 Å². The van der Waals surface area contributed by atoms with Crippen LogP contribution in [0.25, 0.3) is 0 Å². The Labute approximate surface area is 102 Å². The van der Waals surface area contributed by atoms with E-state index in [9.17, 15) is 0 Å². The van der Waals surface area contributed by atoms with Gasteiger partial charge in [-0.15, -0.1) is 0 Å². The molecule has 1 aliphatic rings. The minimum atomic E-state index is 0.478.